The number of carbonyl (C=O) groups excluding carboxylic acids is 1. The number of carbonyl (C=O) groups is 1. The summed E-state index contributed by atoms with van der Waals surface area (Å²) in [6.45, 7) is 9.99. The average molecular weight is 255 g/mol. The van der Waals surface area contributed by atoms with Crippen LogP contribution in [0.1, 0.15) is 40.0 Å². The van der Waals surface area contributed by atoms with Crippen molar-refractivity contribution in [2.75, 3.05) is 26.7 Å². The first-order chi connectivity index (χ1) is 8.39. The minimum Gasteiger partial charge on any atom is -0.368 e. The van der Waals surface area contributed by atoms with Crippen LogP contribution in [0.5, 0.6) is 0 Å². The van der Waals surface area contributed by atoms with Crippen molar-refractivity contribution < 1.29 is 4.79 Å². The number of amides is 1. The SMILES string of the molecule is CNC(C)(CCCN1CCC(C(C)C)C1)C(N)=O. The summed E-state index contributed by atoms with van der Waals surface area (Å²) in [7, 11) is 1.80. The van der Waals surface area contributed by atoms with Crippen molar-refractivity contribution in [1.29, 1.82) is 0 Å². The number of rotatable bonds is 7. The molecule has 1 heterocycles. The van der Waals surface area contributed by atoms with E-state index in [2.05, 4.69) is 24.1 Å². The van der Waals surface area contributed by atoms with Gasteiger partial charge in [0.15, 0.2) is 0 Å². The molecule has 0 saturated carbocycles. The Labute approximate surface area is 111 Å². The third-order valence-corrected chi connectivity index (χ3v) is 4.50. The van der Waals surface area contributed by atoms with Crippen LogP contribution in [0.4, 0.5) is 0 Å². The van der Waals surface area contributed by atoms with Gasteiger partial charge in [0.05, 0.1) is 5.54 Å². The summed E-state index contributed by atoms with van der Waals surface area (Å²) < 4.78 is 0. The van der Waals surface area contributed by atoms with Gasteiger partial charge in [-0.3, -0.25) is 4.79 Å². The lowest BCUT2D eigenvalue weighted by atomic mass is 9.95. The lowest BCUT2D eigenvalue weighted by Gasteiger charge is -2.26. The second-order valence-electron chi connectivity index (χ2n) is 6.14. The first-order valence-electron chi connectivity index (χ1n) is 7.10. The molecule has 1 aliphatic heterocycles. The zero-order valence-corrected chi connectivity index (χ0v) is 12.3. The second kappa shape index (κ2) is 6.53. The standard InChI is InChI=1S/C14H29N3O/c1-11(2)12-6-9-17(10-12)8-5-7-14(3,16-4)13(15)18/h11-12,16H,5-10H2,1-4H3,(H2,15,18). The molecule has 4 heteroatoms. The van der Waals surface area contributed by atoms with E-state index in [-0.39, 0.29) is 5.91 Å². The van der Waals surface area contributed by atoms with Crippen LogP contribution in [0.15, 0.2) is 0 Å². The van der Waals surface area contributed by atoms with Gasteiger partial charge in [-0.05, 0) is 58.2 Å². The fourth-order valence-electron chi connectivity index (χ4n) is 2.64. The molecule has 2 unspecified atom stereocenters. The third-order valence-electron chi connectivity index (χ3n) is 4.50. The third kappa shape index (κ3) is 3.95. The summed E-state index contributed by atoms with van der Waals surface area (Å²) in [5.74, 6) is 1.37. The van der Waals surface area contributed by atoms with E-state index >= 15 is 0 Å². The van der Waals surface area contributed by atoms with Crippen LogP contribution < -0.4 is 11.1 Å². The van der Waals surface area contributed by atoms with Gasteiger partial charge in [0.1, 0.15) is 0 Å². The van der Waals surface area contributed by atoms with E-state index in [1.54, 1.807) is 7.05 Å². The molecule has 3 N–H and O–H groups in total. The maximum Gasteiger partial charge on any atom is 0.237 e. The maximum atomic E-state index is 11.4. The molecule has 2 atom stereocenters. The van der Waals surface area contributed by atoms with E-state index in [9.17, 15) is 4.79 Å². The predicted molar refractivity (Wildman–Crippen MR) is 75.3 cm³/mol. The number of nitrogens with zero attached hydrogens (tertiary/aromatic N) is 1. The minimum absolute atomic E-state index is 0.258. The van der Waals surface area contributed by atoms with Crippen molar-refractivity contribution in [2.24, 2.45) is 17.6 Å². The van der Waals surface area contributed by atoms with E-state index in [1.165, 1.54) is 19.5 Å². The van der Waals surface area contributed by atoms with Crippen molar-refractivity contribution in [3.05, 3.63) is 0 Å². The van der Waals surface area contributed by atoms with E-state index < -0.39 is 5.54 Å². The van der Waals surface area contributed by atoms with Gasteiger partial charge < -0.3 is 16.0 Å². The normalized spacial score (nSPS) is 24.4. The molecule has 0 bridgehead atoms. The zero-order valence-electron chi connectivity index (χ0n) is 12.3. The van der Waals surface area contributed by atoms with E-state index in [4.69, 9.17) is 5.73 Å². The Hall–Kier alpha value is -0.610. The first kappa shape index (κ1) is 15.4. The number of primary amides is 1. The smallest absolute Gasteiger partial charge is 0.237 e. The molecule has 0 aromatic rings. The number of hydrogen-bond donors (Lipinski definition) is 2. The number of nitrogens with two attached hydrogens (primary N) is 1. The largest absolute Gasteiger partial charge is 0.368 e. The van der Waals surface area contributed by atoms with Gasteiger partial charge in [0, 0.05) is 6.54 Å². The Kier molecular flexibility index (Phi) is 5.60. The van der Waals surface area contributed by atoms with Crippen molar-refractivity contribution in [3.63, 3.8) is 0 Å². The molecule has 4 nitrogen and oxygen atoms in total. The van der Waals surface area contributed by atoms with Crippen LogP contribution in [0.25, 0.3) is 0 Å². The molecule has 1 aliphatic rings. The number of nitrogens with one attached hydrogen (secondary N) is 1. The molecular formula is C14H29N3O. The second-order valence-corrected chi connectivity index (χ2v) is 6.14. The highest BCUT2D eigenvalue weighted by Crippen LogP contribution is 2.24. The van der Waals surface area contributed by atoms with Crippen LogP contribution in [-0.4, -0.2) is 43.0 Å². The maximum absolute atomic E-state index is 11.4. The van der Waals surface area contributed by atoms with Crippen molar-refractivity contribution in [2.45, 2.75) is 45.6 Å². The molecule has 1 fully saturated rings. The van der Waals surface area contributed by atoms with Gasteiger partial charge in [0.2, 0.25) is 5.91 Å². The monoisotopic (exact) mass is 255 g/mol. The van der Waals surface area contributed by atoms with Gasteiger partial charge in [-0.2, -0.15) is 0 Å². The Morgan fingerprint density at radius 2 is 2.22 bits per heavy atom. The van der Waals surface area contributed by atoms with Crippen LogP contribution in [-0.2, 0) is 4.79 Å². The molecule has 18 heavy (non-hydrogen) atoms. The molecule has 0 aliphatic carbocycles. The van der Waals surface area contributed by atoms with Crippen molar-refractivity contribution >= 4 is 5.91 Å². The Bertz CT molecular complexity index is 280. The Morgan fingerprint density at radius 1 is 1.56 bits per heavy atom. The first-order valence-corrected chi connectivity index (χ1v) is 7.10. The fourth-order valence-corrected chi connectivity index (χ4v) is 2.64. The van der Waals surface area contributed by atoms with Gasteiger partial charge >= 0.3 is 0 Å². The summed E-state index contributed by atoms with van der Waals surface area (Å²) in [5.41, 5.74) is 4.86. The van der Waals surface area contributed by atoms with E-state index in [0.717, 1.165) is 31.2 Å². The highest BCUT2D eigenvalue weighted by Gasteiger charge is 2.29. The topological polar surface area (TPSA) is 58.4 Å². The van der Waals surface area contributed by atoms with Gasteiger partial charge in [-0.1, -0.05) is 13.8 Å². The molecule has 106 valence electrons. The van der Waals surface area contributed by atoms with Gasteiger partial charge in [-0.25, -0.2) is 0 Å². The summed E-state index contributed by atoms with van der Waals surface area (Å²) >= 11 is 0. The van der Waals surface area contributed by atoms with Crippen molar-refractivity contribution in [1.82, 2.24) is 10.2 Å². The molecule has 1 amide bonds. The van der Waals surface area contributed by atoms with Crippen LogP contribution >= 0.6 is 0 Å². The molecule has 0 radical (unpaired) electrons. The lowest BCUT2D eigenvalue weighted by Crippen LogP contribution is -2.51. The molecule has 0 aromatic carbocycles. The zero-order chi connectivity index (χ0) is 13.8. The highest BCUT2D eigenvalue weighted by atomic mass is 16.1. The molecular weight excluding hydrogens is 226 g/mol. The highest BCUT2D eigenvalue weighted by molar-refractivity contribution is 5.84. The number of likely N-dealkylation sites (N-methyl/N-ethyl adjacent to an activating group) is 1. The van der Waals surface area contributed by atoms with E-state index in [1.807, 2.05) is 6.92 Å². The number of hydrogen-bond acceptors (Lipinski definition) is 3. The molecule has 1 rings (SSSR count). The average Bonchev–Trinajstić information content (AvgIpc) is 2.77. The molecule has 1 saturated heterocycles. The van der Waals surface area contributed by atoms with Crippen molar-refractivity contribution in [3.8, 4) is 0 Å². The van der Waals surface area contributed by atoms with Crippen LogP contribution in [0, 0.1) is 11.8 Å². The Balaban J connectivity index is 2.28. The Morgan fingerprint density at radius 3 is 2.67 bits per heavy atom. The summed E-state index contributed by atoms with van der Waals surface area (Å²) in [6, 6.07) is 0. The predicted octanol–water partition coefficient (Wildman–Crippen LogP) is 1.21. The van der Waals surface area contributed by atoms with Crippen LogP contribution in [0.3, 0.4) is 0 Å². The molecule has 0 aromatic heterocycles. The fraction of sp³-hybridized carbons (Fsp3) is 0.929. The van der Waals surface area contributed by atoms with E-state index in [0.29, 0.717) is 0 Å². The summed E-state index contributed by atoms with van der Waals surface area (Å²) in [5, 5.41) is 3.04. The summed E-state index contributed by atoms with van der Waals surface area (Å²) in [4.78, 5) is 13.9. The number of likely N-dealkylation sites (tertiary alicyclic amines) is 1. The quantitative estimate of drug-likeness (QED) is 0.719. The summed E-state index contributed by atoms with van der Waals surface area (Å²) in [6.07, 6.45) is 3.14. The minimum atomic E-state index is -0.558. The van der Waals surface area contributed by atoms with Crippen LogP contribution in [0.2, 0.25) is 0 Å². The van der Waals surface area contributed by atoms with Gasteiger partial charge in [-0.15, -0.1) is 0 Å². The molecule has 0 spiro atoms. The van der Waals surface area contributed by atoms with Gasteiger partial charge in [0.25, 0.3) is 0 Å². The lowest BCUT2D eigenvalue weighted by molar-refractivity contribution is -0.123.